The Morgan fingerprint density at radius 2 is 1.91 bits per heavy atom. The third-order valence-corrected chi connectivity index (χ3v) is 3.13. The van der Waals surface area contributed by atoms with Crippen LogP contribution in [0.15, 0.2) is 36.8 Å². The van der Waals surface area contributed by atoms with E-state index >= 15 is 0 Å². The number of hydrogen-bond acceptors (Lipinski definition) is 4. The van der Waals surface area contributed by atoms with Crippen molar-refractivity contribution in [3.05, 3.63) is 48.0 Å². The van der Waals surface area contributed by atoms with Gasteiger partial charge in [0.2, 0.25) is 12.0 Å². The molecule has 0 aliphatic carbocycles. The van der Waals surface area contributed by atoms with E-state index in [0.29, 0.717) is 5.69 Å². The number of halogens is 3. The molecule has 0 spiro atoms. The second-order valence-corrected chi connectivity index (χ2v) is 5.89. The predicted octanol–water partition coefficient (Wildman–Crippen LogP) is 1.53. The van der Waals surface area contributed by atoms with E-state index in [9.17, 15) is 13.2 Å². The van der Waals surface area contributed by atoms with Crippen LogP contribution < -0.4 is 4.57 Å². The highest BCUT2D eigenvalue weighted by atomic mass is 32.2. The summed E-state index contributed by atoms with van der Waals surface area (Å²) >= 11 is 0. The monoisotopic (exact) mass is 347 g/mol. The number of nitriles is 1. The predicted molar refractivity (Wildman–Crippen MR) is 72.1 cm³/mol. The van der Waals surface area contributed by atoms with Gasteiger partial charge in [-0.1, -0.05) is 12.1 Å². The molecule has 6 nitrogen and oxygen atoms in total. The lowest BCUT2D eigenvalue weighted by molar-refractivity contribution is -0.670. The molecule has 2 aromatic rings. The number of aryl methyl sites for hydroxylation is 2. The van der Waals surface area contributed by atoms with Gasteiger partial charge in [0.05, 0.1) is 7.05 Å². The van der Waals surface area contributed by atoms with Crippen LogP contribution >= 0.6 is 0 Å². The van der Waals surface area contributed by atoms with Crippen LogP contribution in [0.25, 0.3) is 5.69 Å². The van der Waals surface area contributed by atoms with E-state index < -0.39 is 15.6 Å². The number of alkyl halides is 3. The summed E-state index contributed by atoms with van der Waals surface area (Å²) in [5, 5.41) is 8.98. The molecule has 124 valence electrons. The summed E-state index contributed by atoms with van der Waals surface area (Å²) < 4.78 is 62.7. The Morgan fingerprint density at radius 3 is 2.35 bits per heavy atom. The first-order valence-electron chi connectivity index (χ1n) is 6.02. The molecular weight excluding hydrogens is 335 g/mol. The van der Waals surface area contributed by atoms with Gasteiger partial charge in [-0.2, -0.15) is 23.0 Å². The van der Waals surface area contributed by atoms with E-state index in [1.165, 1.54) is 5.56 Å². The van der Waals surface area contributed by atoms with Gasteiger partial charge in [0.25, 0.3) is 0 Å². The van der Waals surface area contributed by atoms with Crippen molar-refractivity contribution in [1.29, 1.82) is 5.26 Å². The van der Waals surface area contributed by atoms with Crippen LogP contribution in [-0.2, 0) is 17.2 Å². The van der Waals surface area contributed by atoms with E-state index in [0.717, 1.165) is 5.69 Å². The zero-order valence-corrected chi connectivity index (χ0v) is 12.9. The van der Waals surface area contributed by atoms with E-state index in [1.807, 2.05) is 53.8 Å². The van der Waals surface area contributed by atoms with Gasteiger partial charge in [0.15, 0.2) is 10.1 Å². The summed E-state index contributed by atoms with van der Waals surface area (Å²) in [5.41, 5.74) is -2.80. The quantitative estimate of drug-likeness (QED) is 0.444. The zero-order valence-electron chi connectivity index (χ0n) is 12.1. The number of hydrogen-bond donors (Lipinski definition) is 0. The van der Waals surface area contributed by atoms with Gasteiger partial charge in [0, 0.05) is 0 Å². The third kappa shape index (κ3) is 5.08. The highest BCUT2D eigenvalue weighted by molar-refractivity contribution is 7.86. The molecule has 0 atom stereocenters. The van der Waals surface area contributed by atoms with E-state index in [-0.39, 0.29) is 0 Å². The average molecular weight is 347 g/mol. The van der Waals surface area contributed by atoms with Gasteiger partial charge in [-0.3, -0.25) is 0 Å². The number of aromatic nitrogens is 2. The minimum absolute atomic E-state index is 0.642. The molecule has 0 amide bonds. The number of nitrogens with zero attached hydrogens (tertiary/aromatic N) is 3. The Morgan fingerprint density at radius 1 is 1.35 bits per heavy atom. The lowest BCUT2D eigenvalue weighted by Crippen LogP contribution is -2.23. The SMILES string of the molecule is Cc1cccc(-n2c[n+](C)cc2C#N)c1.O=S(=O)([O-])C(F)(F)F. The van der Waals surface area contributed by atoms with Gasteiger partial charge in [-0.25, -0.2) is 13.0 Å². The van der Waals surface area contributed by atoms with Crippen molar-refractivity contribution in [1.82, 2.24) is 4.57 Å². The molecule has 0 fully saturated rings. The van der Waals surface area contributed by atoms with Crippen molar-refractivity contribution < 1.29 is 30.7 Å². The molecule has 23 heavy (non-hydrogen) atoms. The molecule has 0 unspecified atom stereocenters. The smallest absolute Gasteiger partial charge is 0.485 e. The van der Waals surface area contributed by atoms with Gasteiger partial charge in [0.1, 0.15) is 18.0 Å². The Bertz CT molecular complexity index is 836. The molecule has 1 aromatic heterocycles. The highest BCUT2D eigenvalue weighted by Crippen LogP contribution is 2.20. The van der Waals surface area contributed by atoms with Crippen molar-refractivity contribution in [2.45, 2.75) is 12.4 Å². The fourth-order valence-corrected chi connectivity index (χ4v) is 1.60. The van der Waals surface area contributed by atoms with Crippen LogP contribution in [0.1, 0.15) is 11.3 Å². The molecule has 0 aliphatic heterocycles. The zero-order chi connectivity index (χ0) is 17.8. The average Bonchev–Trinajstić information content (AvgIpc) is 2.78. The standard InChI is InChI=1S/C12H12N3.CHF3O3S/c1-10-4-3-5-11(6-10)15-9-14(2)8-12(15)7-13;2-1(3,4)8(5,6)7/h3-6,8-9H,1-2H3;(H,5,6,7)/q+1;/p-1. The van der Waals surface area contributed by atoms with Crippen LogP contribution in [0, 0.1) is 18.3 Å². The minimum Gasteiger partial charge on any atom is -0.741 e. The van der Waals surface area contributed by atoms with Crippen molar-refractivity contribution in [3.63, 3.8) is 0 Å². The Labute approximate surface area is 130 Å². The lowest BCUT2D eigenvalue weighted by Gasteiger charge is -2.08. The number of rotatable bonds is 1. The first-order valence-corrected chi connectivity index (χ1v) is 7.43. The number of imidazole rings is 1. The molecule has 0 bridgehead atoms. The van der Waals surface area contributed by atoms with Crippen LogP contribution in [-0.4, -0.2) is 23.0 Å². The van der Waals surface area contributed by atoms with Gasteiger partial charge in [-0.15, -0.1) is 0 Å². The molecule has 1 heterocycles. The maximum Gasteiger partial charge on any atom is 0.485 e. The summed E-state index contributed by atoms with van der Waals surface area (Å²) in [4.78, 5) is 0. The Balaban J connectivity index is 0.000000284. The van der Waals surface area contributed by atoms with Crippen LogP contribution in [0.5, 0.6) is 0 Å². The fourth-order valence-electron chi connectivity index (χ4n) is 1.60. The molecule has 0 saturated carbocycles. The summed E-state index contributed by atoms with van der Waals surface area (Å²) in [7, 11) is -4.18. The largest absolute Gasteiger partial charge is 0.741 e. The van der Waals surface area contributed by atoms with Gasteiger partial charge in [-0.05, 0) is 24.6 Å². The van der Waals surface area contributed by atoms with E-state index in [4.69, 9.17) is 18.2 Å². The highest BCUT2D eigenvalue weighted by Gasteiger charge is 2.36. The van der Waals surface area contributed by atoms with Crippen molar-refractivity contribution in [3.8, 4) is 11.8 Å². The summed E-state index contributed by atoms with van der Waals surface area (Å²) in [6, 6.07) is 10.3. The fraction of sp³-hybridized carbons (Fsp3) is 0.231. The molecule has 10 heteroatoms. The van der Waals surface area contributed by atoms with Crippen molar-refractivity contribution in [2.24, 2.45) is 7.05 Å². The maximum absolute atomic E-state index is 10.7. The lowest BCUT2D eigenvalue weighted by atomic mass is 10.2. The molecule has 2 rings (SSSR count). The van der Waals surface area contributed by atoms with E-state index in [2.05, 4.69) is 12.1 Å². The van der Waals surface area contributed by atoms with Gasteiger partial charge < -0.3 is 4.55 Å². The Kier molecular flexibility index (Phi) is 5.52. The molecule has 0 radical (unpaired) electrons. The van der Waals surface area contributed by atoms with Crippen LogP contribution in [0.3, 0.4) is 0 Å². The summed E-state index contributed by atoms with van der Waals surface area (Å²) in [6.45, 7) is 2.04. The van der Waals surface area contributed by atoms with Crippen molar-refractivity contribution in [2.75, 3.05) is 0 Å². The third-order valence-electron chi connectivity index (χ3n) is 2.56. The van der Waals surface area contributed by atoms with Gasteiger partial charge >= 0.3 is 5.51 Å². The van der Waals surface area contributed by atoms with Crippen LogP contribution in [0.4, 0.5) is 13.2 Å². The maximum atomic E-state index is 10.7. The number of benzene rings is 1. The second-order valence-electron chi connectivity index (χ2n) is 4.52. The first-order chi connectivity index (χ1) is 10.5. The molecular formula is C13H12F3N3O3S. The molecule has 0 saturated heterocycles. The molecule has 1 aromatic carbocycles. The first kappa shape index (κ1) is 18.7. The topological polar surface area (TPSA) is 89.8 Å². The Hall–Kier alpha value is -2.38. The molecule has 0 aliphatic rings. The normalized spacial score (nSPS) is 11.3. The second kappa shape index (κ2) is 6.80. The van der Waals surface area contributed by atoms with Crippen molar-refractivity contribution >= 4 is 10.1 Å². The van der Waals surface area contributed by atoms with E-state index in [1.54, 1.807) is 0 Å². The summed E-state index contributed by atoms with van der Waals surface area (Å²) in [6.07, 6.45) is 3.70. The molecule has 0 N–H and O–H groups in total. The van der Waals surface area contributed by atoms with Crippen LogP contribution in [0.2, 0.25) is 0 Å². The summed E-state index contributed by atoms with van der Waals surface area (Å²) in [5.74, 6) is 0. The minimum atomic E-state index is -6.09.